The maximum atomic E-state index is 14.1. The molecule has 0 fully saturated rings. The largest absolute Gasteiger partial charge is 0.494 e. The van der Waals surface area contributed by atoms with Gasteiger partial charge in [0.25, 0.3) is 0 Å². The van der Waals surface area contributed by atoms with Crippen LogP contribution in [0.2, 0.25) is 5.02 Å². The van der Waals surface area contributed by atoms with E-state index in [1.165, 1.54) is 30.3 Å². The minimum Gasteiger partial charge on any atom is -0.494 e. The van der Waals surface area contributed by atoms with Crippen LogP contribution >= 0.6 is 11.6 Å². The number of benzene rings is 2. The third-order valence-electron chi connectivity index (χ3n) is 2.71. The first-order chi connectivity index (χ1) is 9.51. The number of ether oxygens (including phenoxy) is 1. The lowest BCUT2D eigenvalue weighted by Crippen LogP contribution is -1.97. The van der Waals surface area contributed by atoms with Gasteiger partial charge in [0.2, 0.25) is 0 Å². The van der Waals surface area contributed by atoms with Crippen molar-refractivity contribution in [2.45, 2.75) is 6.92 Å². The molecule has 2 aromatic rings. The van der Waals surface area contributed by atoms with Crippen molar-refractivity contribution in [1.82, 2.24) is 0 Å². The topological polar surface area (TPSA) is 46.5 Å². The molecule has 0 saturated carbocycles. The molecule has 3 nitrogen and oxygen atoms in total. The fourth-order valence-corrected chi connectivity index (χ4v) is 2.09. The Morgan fingerprint density at radius 2 is 2.05 bits per heavy atom. The average molecular weight is 295 g/mol. The van der Waals surface area contributed by atoms with Gasteiger partial charge in [-0.25, -0.2) is 9.18 Å². The number of carboxylic acids is 1. The van der Waals surface area contributed by atoms with Crippen molar-refractivity contribution in [1.29, 1.82) is 0 Å². The quantitative estimate of drug-likeness (QED) is 0.917. The van der Waals surface area contributed by atoms with Crippen LogP contribution in [0.5, 0.6) is 5.75 Å². The molecule has 0 bridgehead atoms. The van der Waals surface area contributed by atoms with Crippen molar-refractivity contribution >= 4 is 17.6 Å². The van der Waals surface area contributed by atoms with E-state index in [1.54, 1.807) is 6.07 Å². The molecule has 20 heavy (non-hydrogen) atoms. The average Bonchev–Trinajstić information content (AvgIpc) is 2.38. The fourth-order valence-electron chi connectivity index (χ4n) is 1.86. The van der Waals surface area contributed by atoms with Gasteiger partial charge in [0.15, 0.2) is 0 Å². The highest BCUT2D eigenvalue weighted by atomic mass is 35.5. The molecule has 5 heteroatoms. The van der Waals surface area contributed by atoms with Crippen molar-refractivity contribution in [3.63, 3.8) is 0 Å². The Labute approximate surface area is 120 Å². The molecule has 0 saturated heterocycles. The molecule has 0 aliphatic carbocycles. The van der Waals surface area contributed by atoms with Crippen molar-refractivity contribution < 1.29 is 19.0 Å². The van der Waals surface area contributed by atoms with Gasteiger partial charge in [-0.05, 0) is 42.8 Å². The summed E-state index contributed by atoms with van der Waals surface area (Å²) in [7, 11) is 0. The zero-order valence-corrected chi connectivity index (χ0v) is 11.4. The van der Waals surface area contributed by atoms with E-state index in [4.69, 9.17) is 21.4 Å². The molecule has 1 N–H and O–H groups in total. The van der Waals surface area contributed by atoms with E-state index >= 15 is 0 Å². The molecular formula is C15H12ClFO3. The van der Waals surface area contributed by atoms with E-state index in [2.05, 4.69) is 0 Å². The zero-order chi connectivity index (χ0) is 14.7. The molecule has 0 aromatic heterocycles. The lowest BCUT2D eigenvalue weighted by atomic mass is 10.0. The third kappa shape index (κ3) is 3.08. The fraction of sp³-hybridized carbons (Fsp3) is 0.133. The molecule has 0 aliphatic rings. The number of carboxylic acid groups (broad SMARTS) is 1. The molecule has 0 unspecified atom stereocenters. The van der Waals surface area contributed by atoms with Crippen LogP contribution in [0.4, 0.5) is 4.39 Å². The summed E-state index contributed by atoms with van der Waals surface area (Å²) in [6.45, 7) is 2.25. The lowest BCUT2D eigenvalue weighted by Gasteiger charge is -2.08. The number of hydrogen-bond acceptors (Lipinski definition) is 2. The SMILES string of the molecule is CCOc1ccc(-c2cc(Cl)cc(C(=O)O)c2)c(F)c1. The highest BCUT2D eigenvalue weighted by Crippen LogP contribution is 2.29. The van der Waals surface area contributed by atoms with Crippen LogP contribution in [-0.2, 0) is 0 Å². The second-order valence-electron chi connectivity index (χ2n) is 4.11. The summed E-state index contributed by atoms with van der Waals surface area (Å²) in [5, 5.41) is 9.24. The molecule has 0 heterocycles. The summed E-state index contributed by atoms with van der Waals surface area (Å²) in [6.07, 6.45) is 0. The van der Waals surface area contributed by atoms with E-state index in [9.17, 15) is 9.18 Å². The first-order valence-electron chi connectivity index (χ1n) is 5.98. The molecule has 0 atom stereocenters. The second kappa shape index (κ2) is 5.92. The highest BCUT2D eigenvalue weighted by molar-refractivity contribution is 6.31. The van der Waals surface area contributed by atoms with Gasteiger partial charge in [-0.1, -0.05) is 11.6 Å². The lowest BCUT2D eigenvalue weighted by molar-refractivity contribution is 0.0697. The minimum absolute atomic E-state index is 0.0146. The van der Waals surface area contributed by atoms with Crippen molar-refractivity contribution in [3.8, 4) is 16.9 Å². The normalized spacial score (nSPS) is 10.3. The van der Waals surface area contributed by atoms with Gasteiger partial charge >= 0.3 is 5.97 Å². The summed E-state index contributed by atoms with van der Waals surface area (Å²) in [5.74, 6) is -1.18. The smallest absolute Gasteiger partial charge is 0.335 e. The Morgan fingerprint density at radius 3 is 2.65 bits per heavy atom. The van der Waals surface area contributed by atoms with Gasteiger partial charge in [-0.15, -0.1) is 0 Å². The van der Waals surface area contributed by atoms with Gasteiger partial charge in [0.1, 0.15) is 11.6 Å². The number of carbonyl (C=O) groups is 1. The molecule has 0 aliphatic heterocycles. The van der Waals surface area contributed by atoms with Crippen molar-refractivity contribution in [2.75, 3.05) is 6.61 Å². The Morgan fingerprint density at radius 1 is 1.30 bits per heavy atom. The van der Waals surface area contributed by atoms with E-state index in [-0.39, 0.29) is 16.1 Å². The summed E-state index contributed by atoms with van der Waals surface area (Å²) >= 11 is 5.87. The minimum atomic E-state index is -1.11. The Kier molecular flexibility index (Phi) is 4.25. The second-order valence-corrected chi connectivity index (χ2v) is 4.54. The first kappa shape index (κ1) is 14.3. The Bertz CT molecular complexity index is 656. The van der Waals surface area contributed by atoms with Crippen LogP contribution in [0, 0.1) is 5.82 Å². The van der Waals surface area contributed by atoms with Crippen LogP contribution in [-0.4, -0.2) is 17.7 Å². The summed E-state index contributed by atoms with van der Waals surface area (Å²) in [4.78, 5) is 11.0. The molecule has 0 radical (unpaired) electrons. The molecule has 2 rings (SSSR count). The standard InChI is InChI=1S/C15H12ClFO3/c1-2-20-12-3-4-13(14(17)8-12)9-5-10(15(18)19)7-11(16)6-9/h3-8H,2H2,1H3,(H,18,19). The van der Waals surface area contributed by atoms with Gasteiger partial charge in [0.05, 0.1) is 12.2 Å². The molecule has 0 amide bonds. The Hall–Kier alpha value is -2.07. The molecule has 104 valence electrons. The summed E-state index contributed by atoms with van der Waals surface area (Å²) < 4.78 is 19.3. The summed E-state index contributed by atoms with van der Waals surface area (Å²) in [5.41, 5.74) is 0.703. The van der Waals surface area contributed by atoms with Crippen molar-refractivity contribution in [2.24, 2.45) is 0 Å². The van der Waals surface area contributed by atoms with Crippen LogP contribution < -0.4 is 4.74 Å². The molecular weight excluding hydrogens is 283 g/mol. The van der Waals surface area contributed by atoms with Gasteiger partial charge < -0.3 is 9.84 Å². The maximum absolute atomic E-state index is 14.1. The number of halogens is 2. The maximum Gasteiger partial charge on any atom is 0.335 e. The zero-order valence-electron chi connectivity index (χ0n) is 10.7. The predicted molar refractivity (Wildman–Crippen MR) is 75.0 cm³/mol. The van der Waals surface area contributed by atoms with E-state index in [1.807, 2.05) is 6.92 Å². The van der Waals surface area contributed by atoms with Crippen LogP contribution in [0.1, 0.15) is 17.3 Å². The van der Waals surface area contributed by atoms with Crippen LogP contribution in [0.3, 0.4) is 0 Å². The number of hydrogen-bond donors (Lipinski definition) is 1. The van der Waals surface area contributed by atoms with E-state index in [0.717, 1.165) is 0 Å². The van der Waals surface area contributed by atoms with Gasteiger partial charge in [-0.2, -0.15) is 0 Å². The number of rotatable bonds is 4. The van der Waals surface area contributed by atoms with E-state index in [0.29, 0.717) is 17.9 Å². The molecule has 0 spiro atoms. The van der Waals surface area contributed by atoms with Crippen LogP contribution in [0.25, 0.3) is 11.1 Å². The summed E-state index contributed by atoms with van der Waals surface area (Å²) in [6, 6.07) is 8.65. The predicted octanol–water partition coefficient (Wildman–Crippen LogP) is 4.24. The first-order valence-corrected chi connectivity index (χ1v) is 6.35. The third-order valence-corrected chi connectivity index (χ3v) is 2.93. The van der Waals surface area contributed by atoms with Gasteiger partial charge in [0, 0.05) is 16.7 Å². The Balaban J connectivity index is 2.48. The molecule has 2 aromatic carbocycles. The number of aromatic carboxylic acids is 1. The van der Waals surface area contributed by atoms with Gasteiger partial charge in [-0.3, -0.25) is 0 Å². The monoisotopic (exact) mass is 294 g/mol. The van der Waals surface area contributed by atoms with E-state index < -0.39 is 11.8 Å². The highest BCUT2D eigenvalue weighted by Gasteiger charge is 2.11. The van der Waals surface area contributed by atoms with Crippen molar-refractivity contribution in [3.05, 3.63) is 52.8 Å². The van der Waals surface area contributed by atoms with Crippen LogP contribution in [0.15, 0.2) is 36.4 Å².